The minimum absolute atomic E-state index is 0.385. The molecule has 94 valence electrons. The molecule has 1 aromatic carbocycles. The van der Waals surface area contributed by atoms with Crippen molar-refractivity contribution in [1.82, 2.24) is 0 Å². The Morgan fingerprint density at radius 3 is 2.65 bits per heavy atom. The largest absolute Gasteiger partial charge is 0.494 e. The van der Waals surface area contributed by atoms with Crippen LogP contribution in [0.1, 0.15) is 19.4 Å². The summed E-state index contributed by atoms with van der Waals surface area (Å²) in [5.74, 6) is 0.333. The summed E-state index contributed by atoms with van der Waals surface area (Å²) < 4.78 is 10.2. The number of hydrogen-bond acceptors (Lipinski definition) is 4. The standard InChI is InChI=1S/C13H19NO3/c1-4-17-11-8-6-5-7-10(11)9-13(2,14)12(15)16-3/h5-8H,4,9,14H2,1-3H3. The van der Waals surface area contributed by atoms with Crippen LogP contribution in [0.25, 0.3) is 0 Å². The van der Waals surface area contributed by atoms with E-state index in [4.69, 9.17) is 10.5 Å². The smallest absolute Gasteiger partial charge is 0.325 e. The maximum atomic E-state index is 11.5. The number of ether oxygens (including phenoxy) is 2. The Hall–Kier alpha value is -1.55. The molecule has 1 rings (SSSR count). The van der Waals surface area contributed by atoms with Gasteiger partial charge in [0.05, 0.1) is 13.7 Å². The monoisotopic (exact) mass is 237 g/mol. The number of esters is 1. The number of nitrogens with two attached hydrogens (primary N) is 1. The molecular formula is C13H19NO3. The van der Waals surface area contributed by atoms with Crippen LogP contribution in [-0.2, 0) is 16.0 Å². The Balaban J connectivity index is 2.90. The van der Waals surface area contributed by atoms with E-state index in [1.165, 1.54) is 7.11 Å². The first-order valence-electron chi connectivity index (χ1n) is 5.59. The molecule has 0 amide bonds. The van der Waals surface area contributed by atoms with E-state index in [1.807, 2.05) is 31.2 Å². The third-order valence-corrected chi connectivity index (χ3v) is 2.48. The number of carbonyl (C=O) groups excluding carboxylic acids is 1. The molecule has 17 heavy (non-hydrogen) atoms. The summed E-state index contributed by atoms with van der Waals surface area (Å²) in [5.41, 5.74) is 5.81. The summed E-state index contributed by atoms with van der Waals surface area (Å²) in [4.78, 5) is 11.5. The Morgan fingerprint density at radius 2 is 2.06 bits per heavy atom. The van der Waals surface area contributed by atoms with Crippen molar-refractivity contribution in [1.29, 1.82) is 0 Å². The number of para-hydroxylation sites is 1. The lowest BCUT2D eigenvalue weighted by Gasteiger charge is -2.22. The topological polar surface area (TPSA) is 61.5 Å². The lowest BCUT2D eigenvalue weighted by molar-refractivity contribution is -0.146. The second-order valence-corrected chi connectivity index (χ2v) is 4.13. The van der Waals surface area contributed by atoms with Crippen molar-refractivity contribution in [3.8, 4) is 5.75 Å². The van der Waals surface area contributed by atoms with Gasteiger partial charge in [0.2, 0.25) is 0 Å². The molecule has 0 radical (unpaired) electrons. The van der Waals surface area contributed by atoms with Gasteiger partial charge in [0.1, 0.15) is 11.3 Å². The van der Waals surface area contributed by atoms with Gasteiger partial charge < -0.3 is 15.2 Å². The van der Waals surface area contributed by atoms with Crippen LogP contribution in [0.15, 0.2) is 24.3 Å². The van der Waals surface area contributed by atoms with Crippen molar-refractivity contribution in [3.63, 3.8) is 0 Å². The van der Waals surface area contributed by atoms with Crippen molar-refractivity contribution in [2.75, 3.05) is 13.7 Å². The maximum absolute atomic E-state index is 11.5. The highest BCUT2D eigenvalue weighted by atomic mass is 16.5. The minimum Gasteiger partial charge on any atom is -0.494 e. The van der Waals surface area contributed by atoms with E-state index < -0.39 is 11.5 Å². The molecule has 2 N–H and O–H groups in total. The highest BCUT2D eigenvalue weighted by molar-refractivity contribution is 5.80. The van der Waals surface area contributed by atoms with Crippen LogP contribution in [0, 0.1) is 0 Å². The van der Waals surface area contributed by atoms with Gasteiger partial charge in [-0.1, -0.05) is 18.2 Å². The molecule has 1 atom stereocenters. The molecule has 4 heteroatoms. The van der Waals surface area contributed by atoms with Gasteiger partial charge in [-0.2, -0.15) is 0 Å². The molecule has 0 saturated carbocycles. The van der Waals surface area contributed by atoms with Gasteiger partial charge in [0, 0.05) is 6.42 Å². The quantitative estimate of drug-likeness (QED) is 0.789. The Bertz CT molecular complexity index is 388. The van der Waals surface area contributed by atoms with E-state index in [9.17, 15) is 4.79 Å². The van der Waals surface area contributed by atoms with Crippen molar-refractivity contribution in [3.05, 3.63) is 29.8 Å². The average molecular weight is 237 g/mol. The molecule has 0 heterocycles. The third kappa shape index (κ3) is 3.46. The van der Waals surface area contributed by atoms with Crippen LogP contribution < -0.4 is 10.5 Å². The first-order chi connectivity index (χ1) is 8.01. The molecule has 0 aliphatic carbocycles. The van der Waals surface area contributed by atoms with Gasteiger partial charge in [-0.15, -0.1) is 0 Å². The van der Waals surface area contributed by atoms with E-state index in [2.05, 4.69) is 4.74 Å². The molecule has 1 aromatic rings. The van der Waals surface area contributed by atoms with E-state index in [1.54, 1.807) is 6.92 Å². The third-order valence-electron chi connectivity index (χ3n) is 2.48. The number of benzene rings is 1. The highest BCUT2D eigenvalue weighted by Crippen LogP contribution is 2.22. The molecule has 0 spiro atoms. The lowest BCUT2D eigenvalue weighted by atomic mass is 9.93. The SMILES string of the molecule is CCOc1ccccc1CC(C)(N)C(=O)OC. The molecule has 1 unspecified atom stereocenters. The summed E-state index contributed by atoms with van der Waals surface area (Å²) in [6.07, 6.45) is 0.385. The van der Waals surface area contributed by atoms with Gasteiger partial charge >= 0.3 is 5.97 Å². The fourth-order valence-corrected chi connectivity index (χ4v) is 1.65. The molecular weight excluding hydrogens is 218 g/mol. The maximum Gasteiger partial charge on any atom is 0.325 e. The van der Waals surface area contributed by atoms with Crippen LogP contribution >= 0.6 is 0 Å². The fourth-order valence-electron chi connectivity index (χ4n) is 1.65. The predicted octanol–water partition coefficient (Wildman–Crippen LogP) is 1.52. The van der Waals surface area contributed by atoms with Gasteiger partial charge in [-0.3, -0.25) is 4.79 Å². The summed E-state index contributed by atoms with van der Waals surface area (Å²) in [5, 5.41) is 0. The minimum atomic E-state index is -1.04. The van der Waals surface area contributed by atoms with Gasteiger partial charge in [0.15, 0.2) is 0 Å². The van der Waals surface area contributed by atoms with Crippen LogP contribution in [0.4, 0.5) is 0 Å². The van der Waals surface area contributed by atoms with Gasteiger partial charge in [-0.25, -0.2) is 0 Å². The molecule has 0 aliphatic rings. The van der Waals surface area contributed by atoms with E-state index in [0.717, 1.165) is 11.3 Å². The van der Waals surface area contributed by atoms with Crippen molar-refractivity contribution < 1.29 is 14.3 Å². The predicted molar refractivity (Wildman–Crippen MR) is 65.9 cm³/mol. The summed E-state index contributed by atoms with van der Waals surface area (Å²) >= 11 is 0. The van der Waals surface area contributed by atoms with Crippen molar-refractivity contribution in [2.45, 2.75) is 25.8 Å². The normalized spacial score (nSPS) is 13.9. The Kier molecular flexibility index (Phi) is 4.52. The molecule has 0 aliphatic heterocycles. The molecule has 0 bridgehead atoms. The highest BCUT2D eigenvalue weighted by Gasteiger charge is 2.30. The Labute approximate surface area is 102 Å². The average Bonchev–Trinajstić information content (AvgIpc) is 2.30. The molecule has 0 fully saturated rings. The zero-order valence-corrected chi connectivity index (χ0v) is 10.5. The van der Waals surface area contributed by atoms with E-state index in [0.29, 0.717) is 13.0 Å². The second-order valence-electron chi connectivity index (χ2n) is 4.13. The van der Waals surface area contributed by atoms with Gasteiger partial charge in [-0.05, 0) is 25.5 Å². The van der Waals surface area contributed by atoms with Crippen LogP contribution in [0.5, 0.6) is 5.75 Å². The lowest BCUT2D eigenvalue weighted by Crippen LogP contribution is -2.47. The zero-order valence-electron chi connectivity index (χ0n) is 10.5. The number of rotatable bonds is 5. The van der Waals surface area contributed by atoms with Crippen molar-refractivity contribution in [2.24, 2.45) is 5.73 Å². The van der Waals surface area contributed by atoms with Crippen LogP contribution in [0.3, 0.4) is 0 Å². The summed E-state index contributed by atoms with van der Waals surface area (Å²) in [7, 11) is 1.34. The zero-order chi connectivity index (χ0) is 12.9. The van der Waals surface area contributed by atoms with Crippen LogP contribution in [-0.4, -0.2) is 25.2 Å². The van der Waals surface area contributed by atoms with Crippen LogP contribution in [0.2, 0.25) is 0 Å². The summed E-state index contributed by atoms with van der Waals surface area (Å²) in [6.45, 7) is 4.15. The van der Waals surface area contributed by atoms with E-state index in [-0.39, 0.29) is 0 Å². The fraction of sp³-hybridized carbons (Fsp3) is 0.462. The number of carbonyl (C=O) groups is 1. The van der Waals surface area contributed by atoms with E-state index >= 15 is 0 Å². The molecule has 0 saturated heterocycles. The number of methoxy groups -OCH3 is 1. The first kappa shape index (κ1) is 13.5. The Morgan fingerprint density at radius 1 is 1.41 bits per heavy atom. The molecule has 4 nitrogen and oxygen atoms in total. The van der Waals surface area contributed by atoms with Crippen molar-refractivity contribution >= 4 is 5.97 Å². The second kappa shape index (κ2) is 5.68. The number of hydrogen-bond donors (Lipinski definition) is 1. The first-order valence-corrected chi connectivity index (χ1v) is 5.59. The molecule has 0 aromatic heterocycles. The summed E-state index contributed by atoms with van der Waals surface area (Å²) in [6, 6.07) is 7.55. The van der Waals surface area contributed by atoms with Gasteiger partial charge in [0.25, 0.3) is 0 Å².